The van der Waals surface area contributed by atoms with Crippen LogP contribution in [0.5, 0.6) is 0 Å². The molecule has 0 aromatic heterocycles. The Hall–Kier alpha value is -3.30. The first kappa shape index (κ1) is 44.4. The lowest BCUT2D eigenvalue weighted by Crippen LogP contribution is -2.64. The first-order valence-corrected chi connectivity index (χ1v) is 21.3. The highest BCUT2D eigenvalue weighted by Gasteiger charge is 2.51. The van der Waals surface area contributed by atoms with Crippen molar-refractivity contribution in [2.75, 3.05) is 46.3 Å². The summed E-state index contributed by atoms with van der Waals surface area (Å²) in [6.45, 7) is 10.4. The Labute approximate surface area is 328 Å². The van der Waals surface area contributed by atoms with E-state index < -0.39 is 59.9 Å². The van der Waals surface area contributed by atoms with Crippen LogP contribution in [0.15, 0.2) is 0 Å². The van der Waals surface area contributed by atoms with E-state index in [-0.39, 0.29) is 42.2 Å². The zero-order chi connectivity index (χ0) is 40.1. The lowest BCUT2D eigenvalue weighted by atomic mass is 9.58. The van der Waals surface area contributed by atoms with Gasteiger partial charge in [0.25, 0.3) is 0 Å². The average molecular weight is 774 g/mol. The SMILES string of the molecule is CCCC[C@H]1C(=O)N(C)[C@@H](CCC)C(=O)N[C@@H](C2CCCCC2)C(=O)N[C@@H](CN)C(=O)N[C@@H](CNC(=O)C2CC3(CNC3)C2)C(=O)N[C@H](C)CN1CCCC. The van der Waals surface area contributed by atoms with Gasteiger partial charge in [-0.1, -0.05) is 65.7 Å². The van der Waals surface area contributed by atoms with E-state index in [0.717, 1.165) is 83.7 Å². The molecule has 6 amide bonds. The van der Waals surface area contributed by atoms with Crippen LogP contribution in [0, 0.1) is 17.3 Å². The van der Waals surface area contributed by atoms with Crippen LogP contribution in [0.1, 0.15) is 118 Å². The van der Waals surface area contributed by atoms with Crippen molar-refractivity contribution in [1.82, 2.24) is 41.7 Å². The Balaban J connectivity index is 1.67. The second-order valence-electron chi connectivity index (χ2n) is 16.9. The highest BCUT2D eigenvalue weighted by Crippen LogP contribution is 2.48. The summed E-state index contributed by atoms with van der Waals surface area (Å²) in [5.41, 5.74) is 6.26. The molecule has 2 saturated heterocycles. The number of carbonyl (C=O) groups excluding carboxylic acids is 6. The van der Waals surface area contributed by atoms with Crippen LogP contribution < -0.4 is 37.6 Å². The average Bonchev–Trinajstić information content (AvgIpc) is 3.13. The van der Waals surface area contributed by atoms with Crippen LogP contribution in [-0.4, -0.2) is 128 Å². The van der Waals surface area contributed by atoms with Crippen LogP contribution in [0.3, 0.4) is 0 Å². The highest BCUT2D eigenvalue weighted by atomic mass is 16.2. The van der Waals surface area contributed by atoms with Gasteiger partial charge >= 0.3 is 0 Å². The van der Waals surface area contributed by atoms with Gasteiger partial charge in [-0.05, 0) is 69.7 Å². The predicted molar refractivity (Wildman–Crippen MR) is 211 cm³/mol. The molecule has 1 spiro atoms. The van der Waals surface area contributed by atoms with E-state index in [9.17, 15) is 28.8 Å². The van der Waals surface area contributed by atoms with Crippen LogP contribution in [0.2, 0.25) is 0 Å². The first-order valence-electron chi connectivity index (χ1n) is 21.3. The molecule has 4 rings (SSSR count). The zero-order valence-electron chi connectivity index (χ0n) is 34.2. The molecule has 0 aromatic rings. The molecule has 4 aliphatic rings. The van der Waals surface area contributed by atoms with E-state index in [1.807, 2.05) is 13.8 Å². The molecule has 8 N–H and O–H groups in total. The number of hydrogen-bond donors (Lipinski definition) is 7. The Morgan fingerprint density at radius 3 is 2.05 bits per heavy atom. The second-order valence-corrected chi connectivity index (χ2v) is 16.9. The van der Waals surface area contributed by atoms with E-state index in [1.165, 1.54) is 0 Å². The summed E-state index contributed by atoms with van der Waals surface area (Å²) in [5, 5.41) is 17.8. The number of nitrogens with one attached hydrogen (secondary N) is 6. The molecule has 0 unspecified atom stereocenters. The van der Waals surface area contributed by atoms with Gasteiger partial charge < -0.3 is 42.5 Å². The van der Waals surface area contributed by atoms with E-state index in [2.05, 4.69) is 50.6 Å². The van der Waals surface area contributed by atoms with E-state index in [4.69, 9.17) is 5.73 Å². The van der Waals surface area contributed by atoms with Gasteiger partial charge in [0.1, 0.15) is 24.2 Å². The fourth-order valence-corrected chi connectivity index (χ4v) is 8.87. The molecule has 0 aromatic carbocycles. The number of amides is 6. The highest BCUT2D eigenvalue weighted by molar-refractivity contribution is 5.96. The maximum absolute atomic E-state index is 14.6. The number of nitrogens with two attached hydrogens (primary N) is 1. The maximum Gasteiger partial charge on any atom is 0.244 e. The first-order chi connectivity index (χ1) is 26.4. The van der Waals surface area contributed by atoms with Gasteiger partial charge in [-0.25, -0.2) is 0 Å². The molecule has 2 aliphatic heterocycles. The molecule has 55 heavy (non-hydrogen) atoms. The number of unbranched alkanes of at least 4 members (excludes halogenated alkanes) is 2. The summed E-state index contributed by atoms with van der Waals surface area (Å²) < 4.78 is 0. The maximum atomic E-state index is 14.6. The summed E-state index contributed by atoms with van der Waals surface area (Å²) in [5.74, 6) is -2.71. The fraction of sp³-hybridized carbons (Fsp3) is 0.850. The molecule has 312 valence electrons. The molecular formula is C40H71N9O6. The molecule has 4 fully saturated rings. The molecule has 2 aliphatic carbocycles. The number of carbonyl (C=O) groups is 6. The molecular weight excluding hydrogens is 702 g/mol. The minimum absolute atomic E-state index is 0.141. The van der Waals surface area contributed by atoms with Crippen molar-refractivity contribution in [3.8, 4) is 0 Å². The lowest BCUT2D eigenvalue weighted by molar-refractivity contribution is -0.145. The van der Waals surface area contributed by atoms with E-state index >= 15 is 0 Å². The summed E-state index contributed by atoms with van der Waals surface area (Å²) in [6, 6.07) is -5.06. The van der Waals surface area contributed by atoms with Crippen molar-refractivity contribution in [2.24, 2.45) is 23.0 Å². The third-order valence-corrected chi connectivity index (χ3v) is 12.3. The molecule has 15 heteroatoms. The molecule has 0 radical (unpaired) electrons. The standard InChI is InChI=1S/C40H71N9O6/c1-6-9-17-32-39(55)48(5)31(14-8-3)37(53)47-33(27-15-12-11-13-16-27)38(54)45-29(21-41)35(51)46-30(36(52)44-26(4)23-49(32)18-10-7-2)22-43-34(50)28-19-40(20-28)24-42-25-40/h26-33,42H,6-25,41H2,1-5H3,(H,43,50)(H,44,52)(H,45,54)(H,46,51)(H,47,53)/t26-,29+,30+,31+,32+,33+/m1/s1. The molecule has 15 nitrogen and oxygen atoms in total. The lowest BCUT2D eigenvalue weighted by Gasteiger charge is -2.53. The number of rotatable bonds is 13. The van der Waals surface area contributed by atoms with Gasteiger partial charge in [0.05, 0.1) is 6.04 Å². The van der Waals surface area contributed by atoms with Crippen molar-refractivity contribution >= 4 is 35.4 Å². The summed E-state index contributed by atoms with van der Waals surface area (Å²) in [4.78, 5) is 87.6. The smallest absolute Gasteiger partial charge is 0.244 e. The Morgan fingerprint density at radius 2 is 1.45 bits per heavy atom. The third kappa shape index (κ3) is 11.9. The largest absolute Gasteiger partial charge is 0.353 e. The van der Waals surface area contributed by atoms with Crippen LogP contribution in [0.4, 0.5) is 0 Å². The topological polar surface area (TPSA) is 207 Å². The second kappa shape index (κ2) is 21.3. The van der Waals surface area contributed by atoms with Crippen molar-refractivity contribution in [2.45, 2.75) is 154 Å². The quantitative estimate of drug-likeness (QED) is 0.142. The summed E-state index contributed by atoms with van der Waals surface area (Å²) >= 11 is 0. The van der Waals surface area contributed by atoms with Crippen LogP contribution >= 0.6 is 0 Å². The normalized spacial score (nSPS) is 29.6. The summed E-state index contributed by atoms with van der Waals surface area (Å²) in [6.07, 6.45) is 11.0. The van der Waals surface area contributed by atoms with Gasteiger partial charge in [0, 0.05) is 51.7 Å². The van der Waals surface area contributed by atoms with Gasteiger partial charge in [-0.2, -0.15) is 0 Å². The monoisotopic (exact) mass is 774 g/mol. The predicted octanol–water partition coefficient (Wildman–Crippen LogP) is 0.902. The minimum atomic E-state index is -1.20. The molecule has 6 atom stereocenters. The van der Waals surface area contributed by atoms with Crippen molar-refractivity contribution in [3.63, 3.8) is 0 Å². The van der Waals surface area contributed by atoms with Crippen molar-refractivity contribution in [1.29, 1.82) is 0 Å². The number of likely N-dealkylation sites (N-methyl/N-ethyl adjacent to an activating group) is 1. The van der Waals surface area contributed by atoms with Gasteiger partial charge in [-0.15, -0.1) is 0 Å². The molecule has 2 saturated carbocycles. The van der Waals surface area contributed by atoms with E-state index in [1.54, 1.807) is 11.9 Å². The molecule has 2 heterocycles. The van der Waals surface area contributed by atoms with Crippen LogP contribution in [-0.2, 0) is 28.8 Å². The molecule has 0 bridgehead atoms. The fourth-order valence-electron chi connectivity index (χ4n) is 8.87. The van der Waals surface area contributed by atoms with Crippen molar-refractivity contribution < 1.29 is 28.8 Å². The Kier molecular flexibility index (Phi) is 17.2. The van der Waals surface area contributed by atoms with Gasteiger partial charge in [-0.3, -0.25) is 33.7 Å². The Morgan fingerprint density at radius 1 is 0.800 bits per heavy atom. The van der Waals surface area contributed by atoms with E-state index in [0.29, 0.717) is 32.4 Å². The third-order valence-electron chi connectivity index (χ3n) is 12.3. The number of hydrogen-bond acceptors (Lipinski definition) is 9. The van der Waals surface area contributed by atoms with Crippen molar-refractivity contribution in [3.05, 3.63) is 0 Å². The van der Waals surface area contributed by atoms with Crippen LogP contribution in [0.25, 0.3) is 0 Å². The van der Waals surface area contributed by atoms with Gasteiger partial charge in [0.15, 0.2) is 0 Å². The minimum Gasteiger partial charge on any atom is -0.353 e. The van der Waals surface area contributed by atoms with Gasteiger partial charge in [0.2, 0.25) is 35.4 Å². The zero-order valence-corrected chi connectivity index (χ0v) is 34.2. The Bertz CT molecular complexity index is 1310. The summed E-state index contributed by atoms with van der Waals surface area (Å²) in [7, 11) is 1.68. The number of nitrogens with zero attached hydrogens (tertiary/aromatic N) is 2.